The van der Waals surface area contributed by atoms with E-state index in [4.69, 9.17) is 5.73 Å². The zero-order valence-corrected chi connectivity index (χ0v) is 21.8. The molecule has 0 aromatic carbocycles. The zero-order chi connectivity index (χ0) is 25.0. The fourth-order valence-electron chi connectivity index (χ4n) is 4.29. The average Bonchev–Trinajstić information content (AvgIpc) is 3.37. The van der Waals surface area contributed by atoms with Gasteiger partial charge in [-0.1, -0.05) is 64.7 Å². The van der Waals surface area contributed by atoms with Crippen molar-refractivity contribution in [3.8, 4) is 0 Å². The summed E-state index contributed by atoms with van der Waals surface area (Å²) in [5.74, 6) is -0.652. The van der Waals surface area contributed by atoms with Crippen LogP contribution in [0.2, 0.25) is 0 Å². The molecule has 1 aliphatic heterocycles. The maximum atomic E-state index is 12.7. The summed E-state index contributed by atoms with van der Waals surface area (Å²) in [6, 6.07) is -1.53. The molecular formula is C26H51N5O3. The van der Waals surface area contributed by atoms with E-state index >= 15 is 0 Å². The van der Waals surface area contributed by atoms with Crippen LogP contribution in [-0.2, 0) is 14.4 Å². The lowest BCUT2D eigenvalue weighted by Crippen LogP contribution is -2.54. The van der Waals surface area contributed by atoms with Crippen LogP contribution < -0.4 is 27.0 Å². The number of nitrogens with two attached hydrogens (primary N) is 1. The first-order chi connectivity index (χ1) is 16.5. The van der Waals surface area contributed by atoms with Gasteiger partial charge in [0.25, 0.3) is 0 Å². The Labute approximate surface area is 207 Å². The topological polar surface area (TPSA) is 125 Å². The molecule has 0 aromatic heterocycles. The Balaban J connectivity index is 2.30. The van der Waals surface area contributed by atoms with Crippen LogP contribution in [0.5, 0.6) is 0 Å². The van der Waals surface area contributed by atoms with Gasteiger partial charge in [-0.2, -0.15) is 0 Å². The van der Waals surface area contributed by atoms with Gasteiger partial charge in [-0.05, 0) is 58.5 Å². The Bertz CT molecular complexity index is 567. The van der Waals surface area contributed by atoms with Crippen LogP contribution in [0, 0.1) is 0 Å². The maximum absolute atomic E-state index is 12.7. The molecule has 0 radical (unpaired) electrons. The van der Waals surface area contributed by atoms with E-state index in [-0.39, 0.29) is 23.8 Å². The number of carbonyl (C=O) groups is 3. The Hall–Kier alpha value is -1.67. The molecule has 0 aliphatic carbocycles. The van der Waals surface area contributed by atoms with Gasteiger partial charge in [0.15, 0.2) is 0 Å². The minimum atomic E-state index is -0.693. The summed E-state index contributed by atoms with van der Waals surface area (Å²) in [5, 5.41) is 11.7. The van der Waals surface area contributed by atoms with E-state index in [1.54, 1.807) is 6.92 Å². The van der Waals surface area contributed by atoms with Gasteiger partial charge in [0.05, 0.1) is 6.04 Å². The van der Waals surface area contributed by atoms with Gasteiger partial charge in [-0.3, -0.25) is 14.4 Å². The quantitative estimate of drug-likeness (QED) is 0.171. The van der Waals surface area contributed by atoms with Crippen molar-refractivity contribution < 1.29 is 14.4 Å². The third-order valence-electron chi connectivity index (χ3n) is 6.54. The molecular weight excluding hydrogens is 430 g/mol. The highest BCUT2D eigenvalue weighted by molar-refractivity contribution is 5.92. The zero-order valence-electron chi connectivity index (χ0n) is 21.8. The SMILES string of the molecule is CCCCCCCCCCCCNC(=O)[C@H](CCCCN)NC(=O)[C@H](C)NC(=O)[C@@H]1CCCN1. The Morgan fingerprint density at radius 1 is 0.882 bits per heavy atom. The molecule has 8 nitrogen and oxygen atoms in total. The van der Waals surface area contributed by atoms with E-state index in [1.807, 2.05) is 0 Å². The minimum Gasteiger partial charge on any atom is -0.354 e. The molecule has 0 bridgehead atoms. The number of amides is 3. The summed E-state index contributed by atoms with van der Waals surface area (Å²) in [5.41, 5.74) is 5.59. The molecule has 198 valence electrons. The molecule has 34 heavy (non-hydrogen) atoms. The van der Waals surface area contributed by atoms with E-state index in [0.717, 1.165) is 45.1 Å². The van der Waals surface area contributed by atoms with Crippen molar-refractivity contribution in [2.75, 3.05) is 19.6 Å². The van der Waals surface area contributed by atoms with Crippen LogP contribution in [-0.4, -0.2) is 55.5 Å². The summed E-state index contributed by atoms with van der Waals surface area (Å²) in [6.07, 6.45) is 16.3. The van der Waals surface area contributed by atoms with Gasteiger partial charge in [0.1, 0.15) is 12.1 Å². The summed E-state index contributed by atoms with van der Waals surface area (Å²) in [7, 11) is 0. The molecule has 0 spiro atoms. The van der Waals surface area contributed by atoms with Crippen LogP contribution in [0.1, 0.15) is 110 Å². The third-order valence-corrected chi connectivity index (χ3v) is 6.54. The second-order valence-corrected chi connectivity index (χ2v) is 9.70. The van der Waals surface area contributed by atoms with Crippen LogP contribution in [0.25, 0.3) is 0 Å². The predicted molar refractivity (Wildman–Crippen MR) is 138 cm³/mol. The minimum absolute atomic E-state index is 0.155. The smallest absolute Gasteiger partial charge is 0.242 e. The summed E-state index contributed by atoms with van der Waals surface area (Å²) >= 11 is 0. The lowest BCUT2D eigenvalue weighted by Gasteiger charge is -2.22. The molecule has 3 amide bonds. The summed E-state index contributed by atoms with van der Waals surface area (Å²) < 4.78 is 0. The average molecular weight is 482 g/mol. The van der Waals surface area contributed by atoms with Crippen molar-refractivity contribution in [2.45, 2.75) is 128 Å². The fourth-order valence-corrected chi connectivity index (χ4v) is 4.29. The van der Waals surface area contributed by atoms with Crippen molar-refractivity contribution in [1.29, 1.82) is 0 Å². The highest BCUT2D eigenvalue weighted by Gasteiger charge is 2.27. The number of hydrogen-bond acceptors (Lipinski definition) is 5. The standard InChI is InChI=1S/C26H51N5O3/c1-3-4-5-6-7-8-9-10-11-14-19-29-25(33)23(16-12-13-18-27)31-24(32)21(2)30-26(34)22-17-15-20-28-22/h21-23,28H,3-20,27H2,1-2H3,(H,29,33)(H,30,34)(H,31,32)/t21-,22-,23-/m0/s1. The summed E-state index contributed by atoms with van der Waals surface area (Å²) in [6.45, 7) is 5.90. The lowest BCUT2D eigenvalue weighted by atomic mass is 10.1. The van der Waals surface area contributed by atoms with Crippen molar-refractivity contribution in [3.05, 3.63) is 0 Å². The van der Waals surface area contributed by atoms with Gasteiger partial charge < -0.3 is 27.0 Å². The number of rotatable bonds is 20. The fraction of sp³-hybridized carbons (Fsp3) is 0.885. The molecule has 1 rings (SSSR count). The molecule has 3 atom stereocenters. The van der Waals surface area contributed by atoms with Gasteiger partial charge in [0, 0.05) is 6.54 Å². The van der Waals surface area contributed by atoms with E-state index < -0.39 is 12.1 Å². The Morgan fingerprint density at radius 3 is 2.12 bits per heavy atom. The normalized spacial score (nSPS) is 17.2. The second kappa shape index (κ2) is 19.6. The largest absolute Gasteiger partial charge is 0.354 e. The third kappa shape index (κ3) is 13.9. The molecule has 0 saturated carbocycles. The maximum Gasteiger partial charge on any atom is 0.242 e. The van der Waals surface area contributed by atoms with E-state index in [9.17, 15) is 14.4 Å². The Morgan fingerprint density at radius 2 is 1.53 bits per heavy atom. The van der Waals surface area contributed by atoms with E-state index in [0.29, 0.717) is 19.5 Å². The lowest BCUT2D eigenvalue weighted by molar-refractivity contribution is -0.132. The molecule has 1 saturated heterocycles. The highest BCUT2D eigenvalue weighted by atomic mass is 16.2. The number of unbranched alkanes of at least 4 members (excludes halogenated alkanes) is 10. The first kappa shape index (κ1) is 30.4. The van der Waals surface area contributed by atoms with Crippen LogP contribution in [0.4, 0.5) is 0 Å². The summed E-state index contributed by atoms with van der Waals surface area (Å²) in [4.78, 5) is 37.7. The van der Waals surface area contributed by atoms with Crippen molar-refractivity contribution in [3.63, 3.8) is 0 Å². The number of hydrogen-bond donors (Lipinski definition) is 5. The molecule has 0 aromatic rings. The molecule has 0 unspecified atom stereocenters. The van der Waals surface area contributed by atoms with Gasteiger partial charge in [-0.15, -0.1) is 0 Å². The van der Waals surface area contributed by atoms with Gasteiger partial charge in [0.2, 0.25) is 17.7 Å². The molecule has 6 N–H and O–H groups in total. The second-order valence-electron chi connectivity index (χ2n) is 9.70. The van der Waals surface area contributed by atoms with E-state index in [2.05, 4.69) is 28.2 Å². The Kier molecular flexibility index (Phi) is 17.5. The highest BCUT2D eigenvalue weighted by Crippen LogP contribution is 2.10. The van der Waals surface area contributed by atoms with Crippen molar-refractivity contribution in [2.24, 2.45) is 5.73 Å². The van der Waals surface area contributed by atoms with Crippen LogP contribution in [0.15, 0.2) is 0 Å². The van der Waals surface area contributed by atoms with E-state index in [1.165, 1.54) is 51.4 Å². The molecule has 8 heteroatoms. The van der Waals surface area contributed by atoms with Crippen LogP contribution >= 0.6 is 0 Å². The number of carbonyl (C=O) groups excluding carboxylic acids is 3. The monoisotopic (exact) mass is 481 g/mol. The molecule has 1 fully saturated rings. The molecule has 1 heterocycles. The van der Waals surface area contributed by atoms with Crippen LogP contribution in [0.3, 0.4) is 0 Å². The van der Waals surface area contributed by atoms with Gasteiger partial charge >= 0.3 is 0 Å². The van der Waals surface area contributed by atoms with Crippen molar-refractivity contribution >= 4 is 17.7 Å². The number of nitrogens with one attached hydrogen (secondary N) is 4. The van der Waals surface area contributed by atoms with Crippen molar-refractivity contribution in [1.82, 2.24) is 21.3 Å². The molecule has 1 aliphatic rings. The first-order valence-electron chi connectivity index (χ1n) is 13.8. The first-order valence-corrected chi connectivity index (χ1v) is 13.8. The van der Waals surface area contributed by atoms with Gasteiger partial charge in [-0.25, -0.2) is 0 Å². The predicted octanol–water partition coefficient (Wildman–Crippen LogP) is 2.89.